The Balaban J connectivity index is 2.69. The number of amides is 1. The van der Waals surface area contributed by atoms with Crippen LogP contribution < -0.4 is 11.1 Å². The second-order valence-corrected chi connectivity index (χ2v) is 4.80. The van der Waals surface area contributed by atoms with E-state index in [1.807, 2.05) is 6.92 Å². The maximum absolute atomic E-state index is 13.0. The molecule has 0 aliphatic carbocycles. The van der Waals surface area contributed by atoms with Crippen LogP contribution in [-0.4, -0.2) is 10.9 Å². The standard InChI is InChI=1S/C13H17FN2OS/c1-3-13(2,11(15)18)12(17)16-8-9-5-4-6-10(14)7-9/h4-7H,3,8H2,1-2H3,(H2,15,18)(H,16,17). The molecule has 5 heteroatoms. The lowest BCUT2D eigenvalue weighted by molar-refractivity contribution is -0.127. The lowest BCUT2D eigenvalue weighted by atomic mass is 9.86. The summed E-state index contributed by atoms with van der Waals surface area (Å²) < 4.78 is 13.0. The first-order valence-corrected chi connectivity index (χ1v) is 6.13. The molecule has 3 nitrogen and oxygen atoms in total. The molecule has 0 aromatic heterocycles. The first-order chi connectivity index (χ1) is 8.40. The summed E-state index contributed by atoms with van der Waals surface area (Å²) in [4.78, 5) is 12.2. The van der Waals surface area contributed by atoms with Gasteiger partial charge in [-0.15, -0.1) is 0 Å². The highest BCUT2D eigenvalue weighted by Gasteiger charge is 2.34. The second-order valence-electron chi connectivity index (χ2n) is 4.36. The van der Waals surface area contributed by atoms with Crippen molar-refractivity contribution < 1.29 is 9.18 Å². The van der Waals surface area contributed by atoms with Gasteiger partial charge in [-0.1, -0.05) is 31.3 Å². The Kier molecular flexibility index (Phi) is 4.78. The zero-order valence-corrected chi connectivity index (χ0v) is 11.3. The zero-order chi connectivity index (χ0) is 13.8. The van der Waals surface area contributed by atoms with Crippen molar-refractivity contribution in [1.29, 1.82) is 0 Å². The van der Waals surface area contributed by atoms with Crippen molar-refractivity contribution in [2.75, 3.05) is 0 Å². The van der Waals surface area contributed by atoms with Gasteiger partial charge in [0.2, 0.25) is 5.91 Å². The van der Waals surface area contributed by atoms with E-state index in [0.717, 1.165) is 0 Å². The normalized spacial score (nSPS) is 13.7. The van der Waals surface area contributed by atoms with Crippen LogP contribution in [0, 0.1) is 11.2 Å². The Hall–Kier alpha value is -1.49. The van der Waals surface area contributed by atoms with Gasteiger partial charge in [0.1, 0.15) is 5.82 Å². The maximum Gasteiger partial charge on any atom is 0.233 e. The van der Waals surface area contributed by atoms with Crippen LogP contribution in [0.15, 0.2) is 24.3 Å². The lowest BCUT2D eigenvalue weighted by Gasteiger charge is -2.25. The summed E-state index contributed by atoms with van der Waals surface area (Å²) in [5.41, 5.74) is 5.43. The summed E-state index contributed by atoms with van der Waals surface area (Å²) in [7, 11) is 0. The minimum atomic E-state index is -0.858. The van der Waals surface area contributed by atoms with Crippen molar-refractivity contribution in [1.82, 2.24) is 5.32 Å². The number of nitrogens with two attached hydrogens (primary N) is 1. The van der Waals surface area contributed by atoms with Gasteiger partial charge in [-0.3, -0.25) is 4.79 Å². The molecule has 1 unspecified atom stereocenters. The molecule has 0 saturated carbocycles. The Morgan fingerprint density at radius 2 is 2.22 bits per heavy atom. The van der Waals surface area contributed by atoms with Crippen LogP contribution in [0.3, 0.4) is 0 Å². The van der Waals surface area contributed by atoms with E-state index in [1.54, 1.807) is 19.1 Å². The summed E-state index contributed by atoms with van der Waals surface area (Å²) in [5, 5.41) is 2.73. The van der Waals surface area contributed by atoms with E-state index in [9.17, 15) is 9.18 Å². The summed E-state index contributed by atoms with van der Waals surface area (Å²) >= 11 is 4.91. The first kappa shape index (κ1) is 14.6. The number of hydrogen-bond donors (Lipinski definition) is 2. The van der Waals surface area contributed by atoms with E-state index in [0.29, 0.717) is 12.0 Å². The van der Waals surface area contributed by atoms with Gasteiger partial charge in [-0.25, -0.2) is 4.39 Å². The van der Waals surface area contributed by atoms with Crippen LogP contribution >= 0.6 is 12.2 Å². The molecule has 0 radical (unpaired) electrons. The van der Waals surface area contributed by atoms with Crippen molar-refractivity contribution in [3.05, 3.63) is 35.6 Å². The number of benzene rings is 1. The van der Waals surface area contributed by atoms with Crippen LogP contribution in [0.5, 0.6) is 0 Å². The Bertz CT molecular complexity index is 464. The van der Waals surface area contributed by atoms with Gasteiger partial charge in [0, 0.05) is 6.54 Å². The number of hydrogen-bond acceptors (Lipinski definition) is 2. The Labute approximate surface area is 112 Å². The monoisotopic (exact) mass is 268 g/mol. The minimum Gasteiger partial charge on any atom is -0.392 e. The molecular weight excluding hydrogens is 251 g/mol. The smallest absolute Gasteiger partial charge is 0.233 e. The molecule has 0 aliphatic heterocycles. The molecule has 3 N–H and O–H groups in total. The van der Waals surface area contributed by atoms with E-state index in [-0.39, 0.29) is 23.3 Å². The lowest BCUT2D eigenvalue weighted by Crippen LogP contribution is -2.46. The van der Waals surface area contributed by atoms with Crippen LogP contribution in [0.25, 0.3) is 0 Å². The van der Waals surface area contributed by atoms with Crippen LogP contribution in [0.1, 0.15) is 25.8 Å². The van der Waals surface area contributed by atoms with Crippen molar-refractivity contribution in [2.24, 2.45) is 11.1 Å². The topological polar surface area (TPSA) is 55.1 Å². The SMILES string of the molecule is CCC(C)(C(=O)NCc1cccc(F)c1)C(N)=S. The highest BCUT2D eigenvalue weighted by molar-refractivity contribution is 7.80. The molecule has 1 aromatic rings. The summed E-state index contributed by atoms with van der Waals surface area (Å²) in [6.45, 7) is 3.81. The van der Waals surface area contributed by atoms with Gasteiger partial charge < -0.3 is 11.1 Å². The molecule has 1 amide bonds. The predicted octanol–water partition coefficient (Wildman–Crippen LogP) is 2.14. The van der Waals surface area contributed by atoms with E-state index in [4.69, 9.17) is 18.0 Å². The number of carbonyl (C=O) groups is 1. The van der Waals surface area contributed by atoms with Crippen LogP contribution in [0.4, 0.5) is 4.39 Å². The largest absolute Gasteiger partial charge is 0.392 e. The van der Waals surface area contributed by atoms with Gasteiger partial charge >= 0.3 is 0 Å². The zero-order valence-electron chi connectivity index (χ0n) is 10.5. The van der Waals surface area contributed by atoms with Gasteiger partial charge in [0.15, 0.2) is 0 Å². The molecule has 1 atom stereocenters. The van der Waals surface area contributed by atoms with Gasteiger partial charge in [-0.2, -0.15) is 0 Å². The Morgan fingerprint density at radius 3 is 2.72 bits per heavy atom. The van der Waals surface area contributed by atoms with E-state index in [2.05, 4.69) is 5.32 Å². The van der Waals surface area contributed by atoms with Gasteiger partial charge in [-0.05, 0) is 31.0 Å². The molecule has 0 bridgehead atoms. The van der Waals surface area contributed by atoms with Gasteiger partial charge in [0.25, 0.3) is 0 Å². The average Bonchev–Trinajstić information content (AvgIpc) is 2.34. The number of rotatable bonds is 5. The maximum atomic E-state index is 13.0. The van der Waals surface area contributed by atoms with Crippen molar-refractivity contribution >= 4 is 23.1 Å². The van der Waals surface area contributed by atoms with Crippen LogP contribution in [-0.2, 0) is 11.3 Å². The number of thiocarbonyl (C=S) groups is 1. The number of carbonyl (C=O) groups excluding carboxylic acids is 1. The fourth-order valence-electron chi connectivity index (χ4n) is 1.47. The van der Waals surface area contributed by atoms with E-state index >= 15 is 0 Å². The molecule has 0 fully saturated rings. The highest BCUT2D eigenvalue weighted by atomic mass is 32.1. The fourth-order valence-corrected chi connectivity index (χ4v) is 1.71. The summed E-state index contributed by atoms with van der Waals surface area (Å²) in [5.74, 6) is -0.559. The number of nitrogens with one attached hydrogen (secondary N) is 1. The second kappa shape index (κ2) is 5.91. The average molecular weight is 268 g/mol. The molecule has 1 aromatic carbocycles. The Morgan fingerprint density at radius 1 is 1.56 bits per heavy atom. The fraction of sp³-hybridized carbons (Fsp3) is 0.385. The third kappa shape index (κ3) is 3.26. The van der Waals surface area contributed by atoms with Gasteiger partial charge in [0.05, 0.1) is 10.4 Å². The third-order valence-electron chi connectivity index (χ3n) is 3.09. The molecule has 0 aliphatic rings. The molecule has 0 heterocycles. The van der Waals surface area contributed by atoms with Crippen molar-refractivity contribution in [2.45, 2.75) is 26.8 Å². The van der Waals surface area contributed by atoms with E-state index in [1.165, 1.54) is 12.1 Å². The van der Waals surface area contributed by atoms with Crippen molar-refractivity contribution in [3.63, 3.8) is 0 Å². The first-order valence-electron chi connectivity index (χ1n) is 5.73. The molecule has 0 saturated heterocycles. The molecule has 0 spiro atoms. The predicted molar refractivity (Wildman–Crippen MR) is 73.4 cm³/mol. The third-order valence-corrected chi connectivity index (χ3v) is 3.54. The molecular formula is C13H17FN2OS. The van der Waals surface area contributed by atoms with E-state index < -0.39 is 5.41 Å². The molecule has 98 valence electrons. The molecule has 1 rings (SSSR count). The minimum absolute atomic E-state index is 0.168. The summed E-state index contributed by atoms with van der Waals surface area (Å²) in [6.07, 6.45) is 0.525. The summed E-state index contributed by atoms with van der Waals surface area (Å²) in [6, 6.07) is 6.08. The quantitative estimate of drug-likeness (QED) is 0.804. The highest BCUT2D eigenvalue weighted by Crippen LogP contribution is 2.21. The number of halogens is 1. The molecule has 18 heavy (non-hydrogen) atoms. The van der Waals surface area contributed by atoms with Crippen LogP contribution in [0.2, 0.25) is 0 Å². The van der Waals surface area contributed by atoms with Crippen molar-refractivity contribution in [3.8, 4) is 0 Å².